The molecule has 1 amide bonds. The Bertz CT molecular complexity index is 354. The van der Waals surface area contributed by atoms with Gasteiger partial charge in [-0.05, 0) is 0 Å². The molecule has 0 aliphatic heterocycles. The van der Waals surface area contributed by atoms with Crippen LogP contribution in [0.25, 0.3) is 0 Å². The third kappa shape index (κ3) is 3.71. The summed E-state index contributed by atoms with van der Waals surface area (Å²) in [6.45, 7) is 0.830. The van der Waals surface area contributed by atoms with E-state index >= 15 is 0 Å². The molecule has 0 saturated carbocycles. The summed E-state index contributed by atoms with van der Waals surface area (Å²) in [6, 6.07) is 0. The first kappa shape index (κ1) is 12.8. The van der Waals surface area contributed by atoms with Gasteiger partial charge in [0, 0.05) is 14.2 Å². The van der Waals surface area contributed by atoms with Crippen molar-refractivity contribution in [2.24, 2.45) is 7.05 Å². The average molecular weight is 248 g/mol. The van der Waals surface area contributed by atoms with Crippen molar-refractivity contribution in [3.05, 3.63) is 6.20 Å². The molecule has 0 fully saturated rings. The van der Waals surface area contributed by atoms with Crippen LogP contribution in [-0.4, -0.2) is 41.9 Å². The lowest BCUT2D eigenvalue weighted by molar-refractivity contribution is -0.113. The van der Waals surface area contributed by atoms with Gasteiger partial charge in [-0.15, -0.1) is 16.7 Å². The minimum absolute atomic E-state index is 0.105. The Balaban J connectivity index is 2.63. The standard InChI is InChI=1S/C9H14ClN3O3/c1-13-6-7(11-8(14)5-10)9(12-13)16-4-3-15-2/h6H,3-5H2,1-2H3,(H,11,14). The van der Waals surface area contributed by atoms with Crippen molar-refractivity contribution in [1.29, 1.82) is 0 Å². The molecular weight excluding hydrogens is 234 g/mol. The fraction of sp³-hybridized carbons (Fsp3) is 0.556. The molecule has 16 heavy (non-hydrogen) atoms. The highest BCUT2D eigenvalue weighted by Crippen LogP contribution is 2.21. The van der Waals surface area contributed by atoms with E-state index in [1.807, 2.05) is 0 Å². The van der Waals surface area contributed by atoms with Crippen LogP contribution in [0.4, 0.5) is 5.69 Å². The van der Waals surface area contributed by atoms with Crippen LogP contribution < -0.4 is 10.1 Å². The minimum Gasteiger partial charge on any atom is -0.473 e. The lowest BCUT2D eigenvalue weighted by Gasteiger charge is -2.05. The monoisotopic (exact) mass is 247 g/mol. The molecule has 0 radical (unpaired) electrons. The van der Waals surface area contributed by atoms with Crippen molar-refractivity contribution >= 4 is 23.2 Å². The van der Waals surface area contributed by atoms with Gasteiger partial charge in [-0.25, -0.2) is 0 Å². The molecule has 0 atom stereocenters. The number of methoxy groups -OCH3 is 1. The number of hydrogen-bond donors (Lipinski definition) is 1. The largest absolute Gasteiger partial charge is 0.473 e. The molecule has 1 rings (SSSR count). The predicted molar refractivity (Wildman–Crippen MR) is 59.9 cm³/mol. The zero-order valence-electron chi connectivity index (χ0n) is 9.20. The number of anilines is 1. The van der Waals surface area contributed by atoms with Gasteiger partial charge in [0.25, 0.3) is 5.88 Å². The summed E-state index contributed by atoms with van der Waals surface area (Å²) in [5, 5.41) is 6.64. The fourth-order valence-electron chi connectivity index (χ4n) is 1.07. The second-order valence-corrected chi connectivity index (χ2v) is 3.31. The van der Waals surface area contributed by atoms with E-state index in [0.717, 1.165) is 0 Å². The Labute approximate surface area is 98.5 Å². The first-order valence-electron chi connectivity index (χ1n) is 4.68. The second kappa shape index (κ2) is 6.34. The number of carbonyl (C=O) groups excluding carboxylic acids is 1. The number of carbonyl (C=O) groups is 1. The Morgan fingerprint density at radius 1 is 1.62 bits per heavy atom. The summed E-state index contributed by atoms with van der Waals surface area (Å²) in [6.07, 6.45) is 1.65. The lowest BCUT2D eigenvalue weighted by Crippen LogP contribution is -2.13. The number of amides is 1. The van der Waals surface area contributed by atoms with Crippen molar-refractivity contribution in [2.45, 2.75) is 0 Å². The minimum atomic E-state index is -0.300. The van der Waals surface area contributed by atoms with Gasteiger partial charge in [-0.3, -0.25) is 9.48 Å². The van der Waals surface area contributed by atoms with E-state index in [4.69, 9.17) is 21.1 Å². The summed E-state index contributed by atoms with van der Waals surface area (Å²) >= 11 is 5.39. The smallest absolute Gasteiger partial charge is 0.256 e. The fourth-order valence-corrected chi connectivity index (χ4v) is 1.13. The van der Waals surface area contributed by atoms with Gasteiger partial charge in [0.15, 0.2) is 0 Å². The molecule has 0 aliphatic carbocycles. The van der Waals surface area contributed by atoms with E-state index in [-0.39, 0.29) is 11.8 Å². The highest BCUT2D eigenvalue weighted by atomic mass is 35.5. The number of aryl methyl sites for hydroxylation is 1. The number of ether oxygens (including phenoxy) is 2. The van der Waals surface area contributed by atoms with Crippen molar-refractivity contribution in [3.63, 3.8) is 0 Å². The predicted octanol–water partition coefficient (Wildman–Crippen LogP) is 0.623. The van der Waals surface area contributed by atoms with Crippen LogP contribution in [0.5, 0.6) is 5.88 Å². The molecule has 0 aliphatic rings. The van der Waals surface area contributed by atoms with Crippen LogP contribution >= 0.6 is 11.6 Å². The van der Waals surface area contributed by atoms with E-state index in [1.54, 1.807) is 25.0 Å². The molecule has 0 bridgehead atoms. The van der Waals surface area contributed by atoms with Crippen molar-refractivity contribution in [1.82, 2.24) is 9.78 Å². The molecule has 0 aromatic carbocycles. The Kier molecular flexibility index (Phi) is 5.07. The zero-order valence-corrected chi connectivity index (χ0v) is 9.95. The SMILES string of the molecule is COCCOc1nn(C)cc1NC(=O)CCl. The zero-order chi connectivity index (χ0) is 12.0. The van der Waals surface area contributed by atoms with Gasteiger partial charge in [-0.2, -0.15) is 0 Å². The molecule has 7 heteroatoms. The van der Waals surface area contributed by atoms with Gasteiger partial charge in [-0.1, -0.05) is 0 Å². The van der Waals surface area contributed by atoms with E-state index in [2.05, 4.69) is 10.4 Å². The summed E-state index contributed by atoms with van der Waals surface area (Å²) < 4.78 is 11.7. The van der Waals surface area contributed by atoms with Gasteiger partial charge < -0.3 is 14.8 Å². The van der Waals surface area contributed by atoms with Crippen LogP contribution in [-0.2, 0) is 16.6 Å². The third-order valence-corrected chi connectivity index (χ3v) is 1.96. The number of hydrogen-bond acceptors (Lipinski definition) is 4. The van der Waals surface area contributed by atoms with Crippen LogP contribution in [0.15, 0.2) is 6.20 Å². The maximum atomic E-state index is 11.1. The number of nitrogens with one attached hydrogen (secondary N) is 1. The first-order valence-corrected chi connectivity index (χ1v) is 5.22. The summed E-state index contributed by atoms with van der Waals surface area (Å²) in [5.74, 6) is -0.0452. The topological polar surface area (TPSA) is 65.4 Å². The molecule has 1 aromatic heterocycles. The quantitative estimate of drug-likeness (QED) is 0.591. The molecule has 90 valence electrons. The molecule has 1 N–H and O–H groups in total. The first-order chi connectivity index (χ1) is 7.67. The number of aromatic nitrogens is 2. The van der Waals surface area contributed by atoms with Crippen molar-refractivity contribution in [3.8, 4) is 5.88 Å². The number of rotatable bonds is 6. The number of nitrogens with zero attached hydrogens (tertiary/aromatic N) is 2. The van der Waals surface area contributed by atoms with Crippen molar-refractivity contribution < 1.29 is 14.3 Å². The summed E-state index contributed by atoms with van der Waals surface area (Å²) in [7, 11) is 3.32. The summed E-state index contributed by atoms with van der Waals surface area (Å²) in [5.41, 5.74) is 0.504. The average Bonchev–Trinajstić information content (AvgIpc) is 2.59. The van der Waals surface area contributed by atoms with Gasteiger partial charge in [0.1, 0.15) is 18.2 Å². The van der Waals surface area contributed by atoms with E-state index in [9.17, 15) is 4.79 Å². The molecule has 6 nitrogen and oxygen atoms in total. The van der Waals surface area contributed by atoms with E-state index < -0.39 is 0 Å². The van der Waals surface area contributed by atoms with Crippen LogP contribution in [0.3, 0.4) is 0 Å². The molecule has 0 saturated heterocycles. The lowest BCUT2D eigenvalue weighted by atomic mass is 10.5. The normalized spacial score (nSPS) is 10.2. The maximum absolute atomic E-state index is 11.1. The van der Waals surface area contributed by atoms with Crippen LogP contribution in [0, 0.1) is 0 Å². The highest BCUT2D eigenvalue weighted by Gasteiger charge is 2.11. The molecule has 1 heterocycles. The molecule has 1 aromatic rings. The Hall–Kier alpha value is -1.27. The third-order valence-electron chi connectivity index (χ3n) is 1.72. The second-order valence-electron chi connectivity index (χ2n) is 3.04. The Morgan fingerprint density at radius 2 is 2.38 bits per heavy atom. The maximum Gasteiger partial charge on any atom is 0.256 e. The summed E-state index contributed by atoms with van der Waals surface area (Å²) in [4.78, 5) is 11.1. The van der Waals surface area contributed by atoms with Crippen LogP contribution in [0.1, 0.15) is 0 Å². The highest BCUT2D eigenvalue weighted by molar-refractivity contribution is 6.29. The van der Waals surface area contributed by atoms with Gasteiger partial charge in [0.05, 0.1) is 12.8 Å². The van der Waals surface area contributed by atoms with Crippen LogP contribution in [0.2, 0.25) is 0 Å². The molecular formula is C9H14ClN3O3. The molecule has 0 spiro atoms. The number of halogens is 1. The van der Waals surface area contributed by atoms with E-state index in [1.165, 1.54) is 0 Å². The van der Waals surface area contributed by atoms with Crippen molar-refractivity contribution in [2.75, 3.05) is 31.5 Å². The molecule has 0 unspecified atom stereocenters. The van der Waals surface area contributed by atoms with Gasteiger partial charge >= 0.3 is 0 Å². The Morgan fingerprint density at radius 3 is 3.00 bits per heavy atom. The van der Waals surface area contributed by atoms with E-state index in [0.29, 0.717) is 24.8 Å². The van der Waals surface area contributed by atoms with Gasteiger partial charge in [0.2, 0.25) is 5.91 Å². The number of alkyl halides is 1.